The molecule has 1 amide bonds. The quantitative estimate of drug-likeness (QED) is 0.682. The molecule has 1 aliphatic heterocycles. The van der Waals surface area contributed by atoms with Crippen molar-refractivity contribution in [1.29, 1.82) is 0 Å². The Balaban J connectivity index is 0.000000980. The molecule has 1 unspecified atom stereocenters. The van der Waals surface area contributed by atoms with Crippen molar-refractivity contribution in [2.24, 2.45) is 5.73 Å². The largest absolute Gasteiger partial charge is 0.324 e. The number of aryl methyl sites for hydroxylation is 1. The van der Waals surface area contributed by atoms with Crippen molar-refractivity contribution in [3.05, 3.63) is 29.8 Å². The zero-order chi connectivity index (χ0) is 9.26. The third-order valence-corrected chi connectivity index (χ3v) is 2.34. The second-order valence-electron chi connectivity index (χ2n) is 3.29. The molecule has 1 aromatic rings. The molecule has 1 aromatic carbocycles. The Morgan fingerprint density at radius 1 is 1.36 bits per heavy atom. The highest BCUT2D eigenvalue weighted by Gasteiger charge is 2.18. The Morgan fingerprint density at radius 3 is 2.86 bits per heavy atom. The van der Waals surface area contributed by atoms with Crippen molar-refractivity contribution in [3.8, 4) is 0 Å². The van der Waals surface area contributed by atoms with Crippen LogP contribution in [0.15, 0.2) is 24.3 Å². The first-order valence-electron chi connectivity index (χ1n) is 4.42. The molecule has 0 radical (unpaired) electrons. The zero-order valence-electron chi connectivity index (χ0n) is 7.69. The van der Waals surface area contributed by atoms with Gasteiger partial charge in [-0.3, -0.25) is 4.79 Å². The van der Waals surface area contributed by atoms with Crippen LogP contribution in [0, 0.1) is 0 Å². The van der Waals surface area contributed by atoms with Crippen LogP contribution in [-0.2, 0) is 11.2 Å². The molecule has 2 rings (SSSR count). The predicted octanol–water partition coefficient (Wildman–Crippen LogP) is 1.32. The summed E-state index contributed by atoms with van der Waals surface area (Å²) in [5, 5.41) is 2.81. The number of hydrogen-bond donors (Lipinski definition) is 2. The van der Waals surface area contributed by atoms with Gasteiger partial charge in [0.25, 0.3) is 0 Å². The van der Waals surface area contributed by atoms with Gasteiger partial charge in [-0.25, -0.2) is 0 Å². The molecule has 0 saturated heterocycles. The molecule has 0 saturated carbocycles. The fourth-order valence-corrected chi connectivity index (χ4v) is 1.53. The van der Waals surface area contributed by atoms with Gasteiger partial charge in [0, 0.05) is 5.69 Å². The van der Waals surface area contributed by atoms with E-state index in [1.165, 1.54) is 5.56 Å². The molecule has 0 aliphatic carbocycles. The van der Waals surface area contributed by atoms with Crippen LogP contribution in [0.5, 0.6) is 0 Å². The van der Waals surface area contributed by atoms with Crippen molar-refractivity contribution >= 4 is 24.0 Å². The third-order valence-electron chi connectivity index (χ3n) is 2.34. The third kappa shape index (κ3) is 2.05. The van der Waals surface area contributed by atoms with E-state index in [0.717, 1.165) is 18.5 Å². The minimum absolute atomic E-state index is 0. The number of hydrogen-bond acceptors (Lipinski definition) is 2. The van der Waals surface area contributed by atoms with Crippen molar-refractivity contribution in [1.82, 2.24) is 0 Å². The Hall–Kier alpha value is -1.06. The van der Waals surface area contributed by atoms with Gasteiger partial charge in [-0.15, -0.1) is 12.4 Å². The van der Waals surface area contributed by atoms with Gasteiger partial charge in [0.05, 0.1) is 6.04 Å². The molecule has 4 heteroatoms. The van der Waals surface area contributed by atoms with Gasteiger partial charge in [-0.1, -0.05) is 18.2 Å². The average Bonchev–Trinajstić information content (AvgIpc) is 2.28. The van der Waals surface area contributed by atoms with Crippen molar-refractivity contribution in [2.75, 3.05) is 5.32 Å². The summed E-state index contributed by atoms with van der Waals surface area (Å²) in [6, 6.07) is 7.45. The van der Waals surface area contributed by atoms with Crippen LogP contribution < -0.4 is 11.1 Å². The first kappa shape index (κ1) is 11.0. The molecule has 3 N–H and O–H groups in total. The molecule has 1 heterocycles. The van der Waals surface area contributed by atoms with Crippen LogP contribution in [0.3, 0.4) is 0 Å². The minimum Gasteiger partial charge on any atom is -0.324 e. The number of nitrogens with one attached hydrogen (secondary N) is 1. The molecule has 1 aliphatic rings. The van der Waals surface area contributed by atoms with Crippen LogP contribution in [0.25, 0.3) is 0 Å². The lowest BCUT2D eigenvalue weighted by atomic mass is 10.1. The number of rotatable bonds is 0. The van der Waals surface area contributed by atoms with Crippen molar-refractivity contribution in [2.45, 2.75) is 18.9 Å². The van der Waals surface area contributed by atoms with Gasteiger partial charge in [-0.05, 0) is 24.5 Å². The molecule has 14 heavy (non-hydrogen) atoms. The number of nitrogens with two attached hydrogens (primary N) is 1. The Labute approximate surface area is 89.1 Å². The van der Waals surface area contributed by atoms with E-state index >= 15 is 0 Å². The molecular weight excluding hydrogens is 200 g/mol. The van der Waals surface area contributed by atoms with E-state index in [1.807, 2.05) is 24.3 Å². The van der Waals surface area contributed by atoms with Crippen molar-refractivity contribution < 1.29 is 4.79 Å². The zero-order valence-corrected chi connectivity index (χ0v) is 8.51. The van der Waals surface area contributed by atoms with E-state index in [-0.39, 0.29) is 24.4 Å². The van der Waals surface area contributed by atoms with Gasteiger partial charge in [-0.2, -0.15) is 0 Å². The number of anilines is 1. The highest BCUT2D eigenvalue weighted by atomic mass is 35.5. The van der Waals surface area contributed by atoms with E-state index in [2.05, 4.69) is 5.32 Å². The van der Waals surface area contributed by atoms with E-state index in [9.17, 15) is 4.79 Å². The van der Waals surface area contributed by atoms with Crippen LogP contribution in [0.2, 0.25) is 0 Å². The van der Waals surface area contributed by atoms with Crippen LogP contribution in [0.1, 0.15) is 12.0 Å². The normalized spacial score (nSPS) is 20.1. The van der Waals surface area contributed by atoms with Gasteiger partial charge in [0.15, 0.2) is 0 Å². The molecule has 0 spiro atoms. The fourth-order valence-electron chi connectivity index (χ4n) is 1.53. The minimum atomic E-state index is -0.368. The molecule has 0 bridgehead atoms. The number of carbonyl (C=O) groups excluding carboxylic acids is 1. The molecule has 0 aromatic heterocycles. The standard InChI is InChI=1S/C10H12N2O.ClH/c11-8-6-5-7-3-1-2-4-9(7)12-10(8)13;/h1-4,8H,5-6,11H2,(H,12,13);1H. The topological polar surface area (TPSA) is 55.1 Å². The molecule has 3 nitrogen and oxygen atoms in total. The number of benzene rings is 1. The summed E-state index contributed by atoms with van der Waals surface area (Å²) >= 11 is 0. The molecule has 0 fully saturated rings. The van der Waals surface area contributed by atoms with Gasteiger partial charge >= 0.3 is 0 Å². The summed E-state index contributed by atoms with van der Waals surface area (Å²) in [4.78, 5) is 11.3. The first-order chi connectivity index (χ1) is 6.27. The van der Waals surface area contributed by atoms with E-state index in [4.69, 9.17) is 5.73 Å². The van der Waals surface area contributed by atoms with E-state index in [0.29, 0.717) is 0 Å². The van der Waals surface area contributed by atoms with Gasteiger partial charge < -0.3 is 11.1 Å². The van der Waals surface area contributed by atoms with Crippen molar-refractivity contribution in [3.63, 3.8) is 0 Å². The summed E-state index contributed by atoms with van der Waals surface area (Å²) in [6.45, 7) is 0. The van der Waals surface area contributed by atoms with Crippen LogP contribution in [0.4, 0.5) is 5.69 Å². The lowest BCUT2D eigenvalue weighted by Gasteiger charge is -2.06. The summed E-state index contributed by atoms with van der Waals surface area (Å²) in [5.74, 6) is -0.0787. The highest BCUT2D eigenvalue weighted by Crippen LogP contribution is 2.20. The first-order valence-corrected chi connectivity index (χ1v) is 4.42. The SMILES string of the molecule is Cl.NC1CCc2ccccc2NC1=O. The van der Waals surface area contributed by atoms with E-state index in [1.54, 1.807) is 0 Å². The predicted molar refractivity (Wildman–Crippen MR) is 58.6 cm³/mol. The number of para-hydroxylation sites is 1. The maximum absolute atomic E-state index is 11.3. The molecule has 1 atom stereocenters. The summed E-state index contributed by atoms with van der Waals surface area (Å²) in [6.07, 6.45) is 1.60. The van der Waals surface area contributed by atoms with Crippen LogP contribution >= 0.6 is 12.4 Å². The number of fused-ring (bicyclic) bond motifs is 1. The molecule has 76 valence electrons. The Morgan fingerprint density at radius 2 is 2.07 bits per heavy atom. The smallest absolute Gasteiger partial charge is 0.241 e. The fraction of sp³-hybridized carbons (Fsp3) is 0.300. The summed E-state index contributed by atoms with van der Waals surface area (Å²) in [7, 11) is 0. The van der Waals surface area contributed by atoms with E-state index < -0.39 is 0 Å². The summed E-state index contributed by atoms with van der Waals surface area (Å²) < 4.78 is 0. The Kier molecular flexibility index (Phi) is 3.49. The maximum atomic E-state index is 11.3. The number of halogens is 1. The average molecular weight is 213 g/mol. The maximum Gasteiger partial charge on any atom is 0.241 e. The van der Waals surface area contributed by atoms with Gasteiger partial charge in [0.1, 0.15) is 0 Å². The van der Waals surface area contributed by atoms with Gasteiger partial charge in [0.2, 0.25) is 5.91 Å². The second-order valence-corrected chi connectivity index (χ2v) is 3.29. The highest BCUT2D eigenvalue weighted by molar-refractivity contribution is 5.96. The lowest BCUT2D eigenvalue weighted by Crippen LogP contribution is -2.34. The number of carbonyl (C=O) groups is 1. The summed E-state index contributed by atoms with van der Waals surface area (Å²) in [5.41, 5.74) is 7.72. The monoisotopic (exact) mass is 212 g/mol. The van der Waals surface area contributed by atoms with Crippen LogP contribution in [-0.4, -0.2) is 11.9 Å². The second kappa shape index (κ2) is 4.44. The lowest BCUT2D eigenvalue weighted by molar-refractivity contribution is -0.117. The number of amides is 1. The molecular formula is C10H13ClN2O. The Bertz CT molecular complexity index is 341.